The highest BCUT2D eigenvalue weighted by molar-refractivity contribution is 4.96. The van der Waals surface area contributed by atoms with Crippen LogP contribution in [0.15, 0.2) is 0 Å². The Labute approximate surface area is 128 Å². The highest BCUT2D eigenvalue weighted by atomic mass is 15.2. The molecule has 0 aromatic heterocycles. The summed E-state index contributed by atoms with van der Waals surface area (Å²) in [4.78, 5) is 2.66. The van der Waals surface area contributed by atoms with Gasteiger partial charge in [-0.3, -0.25) is 4.90 Å². The zero-order valence-electron chi connectivity index (χ0n) is 15.3. The fraction of sp³-hybridized carbons (Fsp3) is 1.00. The molecule has 0 bridgehead atoms. The van der Waals surface area contributed by atoms with Gasteiger partial charge in [-0.15, -0.1) is 0 Å². The molecule has 2 atom stereocenters. The van der Waals surface area contributed by atoms with Crippen molar-refractivity contribution in [3.63, 3.8) is 0 Å². The topological polar surface area (TPSA) is 15.3 Å². The van der Waals surface area contributed by atoms with Gasteiger partial charge in [-0.05, 0) is 51.7 Å². The third-order valence-electron chi connectivity index (χ3n) is 5.32. The van der Waals surface area contributed by atoms with Gasteiger partial charge in [0.2, 0.25) is 0 Å². The predicted molar refractivity (Wildman–Crippen MR) is 92.4 cm³/mol. The molecule has 0 rings (SSSR count). The van der Waals surface area contributed by atoms with Gasteiger partial charge < -0.3 is 5.32 Å². The van der Waals surface area contributed by atoms with Crippen molar-refractivity contribution in [2.24, 2.45) is 5.92 Å². The molecule has 0 aromatic rings. The lowest BCUT2D eigenvalue weighted by Gasteiger charge is -2.47. The molecule has 20 heavy (non-hydrogen) atoms. The second-order valence-corrected chi connectivity index (χ2v) is 6.31. The lowest BCUT2D eigenvalue weighted by atomic mass is 9.80. The van der Waals surface area contributed by atoms with Crippen molar-refractivity contribution in [1.29, 1.82) is 0 Å². The van der Waals surface area contributed by atoms with E-state index in [4.69, 9.17) is 0 Å². The molecule has 0 aliphatic carbocycles. The van der Waals surface area contributed by atoms with Gasteiger partial charge in [0.1, 0.15) is 0 Å². The normalized spacial score (nSPS) is 16.6. The van der Waals surface area contributed by atoms with Crippen molar-refractivity contribution in [2.45, 2.75) is 92.2 Å². The van der Waals surface area contributed by atoms with Crippen molar-refractivity contribution in [3.8, 4) is 0 Å². The maximum Gasteiger partial charge on any atom is 0.0331 e. The van der Waals surface area contributed by atoms with Crippen LogP contribution in [-0.4, -0.2) is 36.1 Å². The van der Waals surface area contributed by atoms with Crippen LogP contribution in [0.5, 0.6) is 0 Å². The van der Waals surface area contributed by atoms with Crippen LogP contribution in [-0.2, 0) is 0 Å². The summed E-state index contributed by atoms with van der Waals surface area (Å²) >= 11 is 0. The Balaban J connectivity index is 5.10. The third kappa shape index (κ3) is 5.37. The molecule has 122 valence electrons. The van der Waals surface area contributed by atoms with Gasteiger partial charge in [0.05, 0.1) is 0 Å². The second-order valence-electron chi connectivity index (χ2n) is 6.31. The fourth-order valence-electron chi connectivity index (χ4n) is 3.47. The highest BCUT2D eigenvalue weighted by Gasteiger charge is 2.37. The Morgan fingerprint density at radius 3 is 1.85 bits per heavy atom. The van der Waals surface area contributed by atoms with Crippen LogP contribution >= 0.6 is 0 Å². The summed E-state index contributed by atoms with van der Waals surface area (Å²) < 4.78 is 0. The number of nitrogens with one attached hydrogen (secondary N) is 1. The Morgan fingerprint density at radius 2 is 1.50 bits per heavy atom. The first-order chi connectivity index (χ1) is 9.53. The first kappa shape index (κ1) is 19.9. The second kappa shape index (κ2) is 10.6. The summed E-state index contributed by atoms with van der Waals surface area (Å²) in [6.45, 7) is 19.8. The van der Waals surface area contributed by atoms with Crippen LogP contribution < -0.4 is 5.32 Å². The Morgan fingerprint density at radius 1 is 0.950 bits per heavy atom. The van der Waals surface area contributed by atoms with Gasteiger partial charge in [-0.25, -0.2) is 0 Å². The van der Waals surface area contributed by atoms with E-state index in [1.165, 1.54) is 32.1 Å². The Kier molecular flexibility index (Phi) is 10.6. The Bertz CT molecular complexity index is 221. The minimum Gasteiger partial charge on any atom is -0.312 e. The van der Waals surface area contributed by atoms with Gasteiger partial charge in [0.25, 0.3) is 0 Å². The summed E-state index contributed by atoms with van der Waals surface area (Å²) in [7, 11) is 0. The predicted octanol–water partition coefficient (Wildman–Crippen LogP) is 4.69. The molecular weight excluding hydrogens is 244 g/mol. The summed E-state index contributed by atoms with van der Waals surface area (Å²) in [6, 6.07) is 0.609. The van der Waals surface area contributed by atoms with Crippen molar-refractivity contribution in [1.82, 2.24) is 10.2 Å². The highest BCUT2D eigenvalue weighted by Crippen LogP contribution is 2.29. The van der Waals surface area contributed by atoms with Crippen LogP contribution in [0.25, 0.3) is 0 Å². The standard InChI is InChI=1S/C18H40N2/c1-8-14-19-17(15-16(9-2)10-3)18(7,11-4)20(12-5)13-6/h16-17,19H,8-15H2,1-7H3. The molecule has 2 unspecified atom stereocenters. The number of hydrogen-bond donors (Lipinski definition) is 1. The SMILES string of the molecule is CCCNC(CC(CC)CC)C(C)(CC)N(CC)CC. The number of nitrogens with zero attached hydrogens (tertiary/aromatic N) is 1. The minimum atomic E-state index is 0.279. The van der Waals surface area contributed by atoms with Crippen LogP contribution in [0, 0.1) is 5.92 Å². The molecule has 2 heteroatoms. The van der Waals surface area contributed by atoms with Crippen LogP contribution in [0.4, 0.5) is 0 Å². The van der Waals surface area contributed by atoms with Crippen molar-refractivity contribution in [2.75, 3.05) is 19.6 Å². The van der Waals surface area contributed by atoms with Crippen molar-refractivity contribution < 1.29 is 0 Å². The molecule has 0 spiro atoms. The van der Waals surface area contributed by atoms with E-state index in [0.29, 0.717) is 6.04 Å². The van der Waals surface area contributed by atoms with Crippen molar-refractivity contribution in [3.05, 3.63) is 0 Å². The van der Waals surface area contributed by atoms with E-state index < -0.39 is 0 Å². The van der Waals surface area contributed by atoms with Gasteiger partial charge in [-0.2, -0.15) is 0 Å². The average Bonchev–Trinajstić information content (AvgIpc) is 2.48. The van der Waals surface area contributed by atoms with E-state index in [0.717, 1.165) is 25.6 Å². The summed E-state index contributed by atoms with van der Waals surface area (Å²) in [5, 5.41) is 3.87. The van der Waals surface area contributed by atoms with Gasteiger partial charge in [0, 0.05) is 11.6 Å². The molecule has 0 radical (unpaired) electrons. The van der Waals surface area contributed by atoms with Gasteiger partial charge in [-0.1, -0.05) is 54.4 Å². The smallest absolute Gasteiger partial charge is 0.0331 e. The van der Waals surface area contributed by atoms with E-state index in [-0.39, 0.29) is 5.54 Å². The Hall–Kier alpha value is -0.0800. The average molecular weight is 285 g/mol. The van der Waals surface area contributed by atoms with E-state index in [1.807, 2.05) is 0 Å². The number of rotatable bonds is 12. The van der Waals surface area contributed by atoms with E-state index >= 15 is 0 Å². The zero-order chi connectivity index (χ0) is 15.6. The largest absolute Gasteiger partial charge is 0.312 e. The van der Waals surface area contributed by atoms with Crippen LogP contribution in [0.1, 0.15) is 80.6 Å². The molecule has 0 aromatic carbocycles. The molecule has 1 N–H and O–H groups in total. The summed E-state index contributed by atoms with van der Waals surface area (Å²) in [6.07, 6.45) is 6.36. The zero-order valence-corrected chi connectivity index (χ0v) is 15.3. The maximum absolute atomic E-state index is 3.87. The minimum absolute atomic E-state index is 0.279. The summed E-state index contributed by atoms with van der Waals surface area (Å²) in [5.41, 5.74) is 0.279. The molecule has 0 amide bonds. The number of likely N-dealkylation sites (N-methyl/N-ethyl adjacent to an activating group) is 1. The molecule has 0 saturated carbocycles. The van der Waals surface area contributed by atoms with Gasteiger partial charge >= 0.3 is 0 Å². The quantitative estimate of drug-likeness (QED) is 0.559. The van der Waals surface area contributed by atoms with E-state index in [9.17, 15) is 0 Å². The van der Waals surface area contributed by atoms with Crippen molar-refractivity contribution >= 4 is 0 Å². The molecule has 0 heterocycles. The van der Waals surface area contributed by atoms with E-state index in [1.54, 1.807) is 0 Å². The molecule has 0 aliphatic rings. The monoisotopic (exact) mass is 284 g/mol. The first-order valence-electron chi connectivity index (χ1n) is 9.02. The van der Waals surface area contributed by atoms with Crippen LogP contribution in [0.2, 0.25) is 0 Å². The van der Waals surface area contributed by atoms with E-state index in [2.05, 4.69) is 58.7 Å². The molecule has 0 aliphatic heterocycles. The lowest BCUT2D eigenvalue weighted by Crippen LogP contribution is -2.59. The molecule has 0 fully saturated rings. The lowest BCUT2D eigenvalue weighted by molar-refractivity contribution is 0.0591. The summed E-state index contributed by atoms with van der Waals surface area (Å²) in [5.74, 6) is 0.853. The molecular formula is C18H40N2. The fourth-order valence-corrected chi connectivity index (χ4v) is 3.47. The van der Waals surface area contributed by atoms with Crippen LogP contribution in [0.3, 0.4) is 0 Å². The molecule has 2 nitrogen and oxygen atoms in total. The van der Waals surface area contributed by atoms with Gasteiger partial charge in [0.15, 0.2) is 0 Å². The maximum atomic E-state index is 3.87. The third-order valence-corrected chi connectivity index (χ3v) is 5.32. The molecule has 0 saturated heterocycles. The number of hydrogen-bond acceptors (Lipinski definition) is 2. The first-order valence-corrected chi connectivity index (χ1v) is 9.02.